The van der Waals surface area contributed by atoms with Crippen molar-refractivity contribution in [3.8, 4) is 5.75 Å². The fourth-order valence-electron chi connectivity index (χ4n) is 3.54. The first-order valence-corrected chi connectivity index (χ1v) is 12.7. The minimum absolute atomic E-state index is 0.139. The van der Waals surface area contributed by atoms with E-state index in [1.54, 1.807) is 24.0 Å². The summed E-state index contributed by atoms with van der Waals surface area (Å²) in [7, 11) is 0. The molecule has 2 N–H and O–H groups in total. The number of amides is 2. The van der Waals surface area contributed by atoms with Crippen molar-refractivity contribution in [3.05, 3.63) is 65.7 Å². The van der Waals surface area contributed by atoms with E-state index in [0.29, 0.717) is 58.2 Å². The molecular weight excluding hydrogens is 460 g/mol. The van der Waals surface area contributed by atoms with Crippen LogP contribution in [0.2, 0.25) is 0 Å². The van der Waals surface area contributed by atoms with E-state index in [2.05, 4.69) is 12.2 Å². The van der Waals surface area contributed by atoms with Gasteiger partial charge in [0, 0.05) is 32.7 Å². The number of nitrogens with zero attached hydrogens (tertiary/aromatic N) is 1. The van der Waals surface area contributed by atoms with E-state index >= 15 is 0 Å². The van der Waals surface area contributed by atoms with Crippen LogP contribution in [0.5, 0.6) is 5.75 Å². The standard InChI is InChI=1S/C28H40N2O6/c1-3-5-19-34-20-17-30(28(33)29-16-15-23-9-7-6-8-10-23)18-21-36-25-13-11-24(12-14-25)22-26(27(31)32)35-4-2/h6-14,26H,3-5,15-22H2,1-2H3,(H,29,33)(H,31,32). The first-order chi connectivity index (χ1) is 17.5. The fourth-order valence-corrected chi connectivity index (χ4v) is 3.54. The zero-order valence-electron chi connectivity index (χ0n) is 21.5. The highest BCUT2D eigenvalue weighted by atomic mass is 16.5. The van der Waals surface area contributed by atoms with E-state index in [-0.39, 0.29) is 6.03 Å². The molecule has 2 amide bonds. The van der Waals surface area contributed by atoms with Crippen molar-refractivity contribution in [2.24, 2.45) is 0 Å². The number of hydrogen-bond donors (Lipinski definition) is 2. The van der Waals surface area contributed by atoms with E-state index < -0.39 is 12.1 Å². The normalized spacial score (nSPS) is 11.6. The number of carboxylic acid groups (broad SMARTS) is 1. The molecule has 0 heterocycles. The largest absolute Gasteiger partial charge is 0.492 e. The van der Waals surface area contributed by atoms with E-state index in [1.165, 1.54) is 5.56 Å². The third-order valence-electron chi connectivity index (χ3n) is 5.59. The van der Waals surface area contributed by atoms with Crippen LogP contribution in [0.15, 0.2) is 54.6 Å². The number of ether oxygens (including phenoxy) is 3. The summed E-state index contributed by atoms with van der Waals surface area (Å²) in [5.74, 6) is -0.316. The number of carbonyl (C=O) groups is 2. The molecule has 8 nitrogen and oxygen atoms in total. The molecule has 0 aliphatic carbocycles. The molecule has 0 fully saturated rings. The van der Waals surface area contributed by atoms with Gasteiger partial charge in [-0.15, -0.1) is 0 Å². The Kier molecular flexibility index (Phi) is 14.0. The summed E-state index contributed by atoms with van der Waals surface area (Å²) in [4.78, 5) is 25.8. The molecule has 0 aliphatic rings. The van der Waals surface area contributed by atoms with Crippen molar-refractivity contribution in [1.82, 2.24) is 10.2 Å². The lowest BCUT2D eigenvalue weighted by Crippen LogP contribution is -2.44. The summed E-state index contributed by atoms with van der Waals surface area (Å²) in [6.45, 7) is 7.19. The van der Waals surface area contributed by atoms with Gasteiger partial charge >= 0.3 is 12.0 Å². The highest BCUT2D eigenvalue weighted by Crippen LogP contribution is 2.15. The maximum absolute atomic E-state index is 12.8. The van der Waals surface area contributed by atoms with Crippen molar-refractivity contribution in [3.63, 3.8) is 0 Å². The average molecular weight is 501 g/mol. The first kappa shape index (κ1) is 29.1. The van der Waals surface area contributed by atoms with E-state index in [9.17, 15) is 14.7 Å². The number of hydrogen-bond acceptors (Lipinski definition) is 5. The van der Waals surface area contributed by atoms with Gasteiger partial charge in [-0.25, -0.2) is 9.59 Å². The van der Waals surface area contributed by atoms with Crippen LogP contribution in [0.1, 0.15) is 37.8 Å². The minimum Gasteiger partial charge on any atom is -0.492 e. The number of aliphatic carboxylic acids is 1. The Morgan fingerprint density at radius 2 is 1.67 bits per heavy atom. The van der Waals surface area contributed by atoms with Crippen LogP contribution in [0.4, 0.5) is 4.79 Å². The molecule has 8 heteroatoms. The molecule has 0 aromatic heterocycles. The van der Waals surface area contributed by atoms with Gasteiger partial charge in [-0.3, -0.25) is 0 Å². The quantitative estimate of drug-likeness (QED) is 0.298. The maximum Gasteiger partial charge on any atom is 0.333 e. The number of carbonyl (C=O) groups excluding carboxylic acids is 1. The third kappa shape index (κ3) is 11.6. The van der Waals surface area contributed by atoms with Crippen LogP contribution in [0, 0.1) is 0 Å². The van der Waals surface area contributed by atoms with Gasteiger partial charge in [-0.05, 0) is 43.0 Å². The number of carboxylic acids is 1. The molecular formula is C28H40N2O6. The third-order valence-corrected chi connectivity index (χ3v) is 5.59. The molecule has 0 saturated carbocycles. The van der Waals surface area contributed by atoms with E-state index in [1.807, 2.05) is 42.5 Å². The van der Waals surface area contributed by atoms with Gasteiger partial charge in [0.2, 0.25) is 0 Å². The van der Waals surface area contributed by atoms with Gasteiger partial charge in [0.15, 0.2) is 6.10 Å². The monoisotopic (exact) mass is 500 g/mol. The Labute approximate surface area is 214 Å². The van der Waals surface area contributed by atoms with Crippen molar-refractivity contribution in [2.45, 2.75) is 45.6 Å². The van der Waals surface area contributed by atoms with Crippen molar-refractivity contribution in [2.75, 3.05) is 46.1 Å². The van der Waals surface area contributed by atoms with Gasteiger partial charge in [0.1, 0.15) is 12.4 Å². The van der Waals surface area contributed by atoms with Crippen LogP contribution in [-0.4, -0.2) is 74.2 Å². The lowest BCUT2D eigenvalue weighted by Gasteiger charge is -2.23. The molecule has 2 rings (SSSR count). The summed E-state index contributed by atoms with van der Waals surface area (Å²) in [5.41, 5.74) is 2.03. The van der Waals surface area contributed by atoms with Gasteiger partial charge in [0.25, 0.3) is 0 Å². The molecule has 36 heavy (non-hydrogen) atoms. The Balaban J connectivity index is 1.83. The number of urea groups is 1. The second kappa shape index (κ2) is 17.3. The molecule has 0 aliphatic heterocycles. The zero-order valence-corrected chi connectivity index (χ0v) is 21.5. The highest BCUT2D eigenvalue weighted by Gasteiger charge is 2.18. The predicted molar refractivity (Wildman–Crippen MR) is 140 cm³/mol. The van der Waals surface area contributed by atoms with Crippen LogP contribution >= 0.6 is 0 Å². The molecule has 2 aromatic rings. The lowest BCUT2D eigenvalue weighted by molar-refractivity contribution is -0.149. The summed E-state index contributed by atoms with van der Waals surface area (Å²) >= 11 is 0. The van der Waals surface area contributed by atoms with Gasteiger partial charge in [-0.1, -0.05) is 55.8 Å². The smallest absolute Gasteiger partial charge is 0.333 e. The molecule has 1 atom stereocenters. The van der Waals surface area contributed by atoms with Crippen LogP contribution in [0.3, 0.4) is 0 Å². The van der Waals surface area contributed by atoms with Crippen molar-refractivity contribution in [1.29, 1.82) is 0 Å². The van der Waals surface area contributed by atoms with Crippen molar-refractivity contribution >= 4 is 12.0 Å². The van der Waals surface area contributed by atoms with E-state index in [0.717, 1.165) is 24.8 Å². The van der Waals surface area contributed by atoms with Crippen molar-refractivity contribution < 1.29 is 28.9 Å². The SMILES string of the molecule is CCCCOCCN(CCOc1ccc(CC(OCC)C(=O)O)cc1)C(=O)NCCc1ccccc1. The summed E-state index contributed by atoms with van der Waals surface area (Å²) in [5, 5.41) is 12.2. The minimum atomic E-state index is -0.974. The molecule has 0 saturated heterocycles. The first-order valence-electron chi connectivity index (χ1n) is 12.7. The number of rotatable bonds is 18. The Bertz CT molecular complexity index is 875. The molecule has 1 unspecified atom stereocenters. The Morgan fingerprint density at radius 3 is 2.33 bits per heavy atom. The maximum atomic E-state index is 12.8. The number of benzene rings is 2. The van der Waals surface area contributed by atoms with Gasteiger partial charge < -0.3 is 29.5 Å². The lowest BCUT2D eigenvalue weighted by atomic mass is 10.1. The predicted octanol–water partition coefficient (Wildman–Crippen LogP) is 4.17. The second-order valence-electron chi connectivity index (χ2n) is 8.40. The van der Waals surface area contributed by atoms with Crippen LogP contribution in [0.25, 0.3) is 0 Å². The highest BCUT2D eigenvalue weighted by molar-refractivity contribution is 5.74. The molecule has 0 radical (unpaired) electrons. The summed E-state index contributed by atoms with van der Waals surface area (Å²) < 4.78 is 16.8. The van der Waals surface area contributed by atoms with E-state index in [4.69, 9.17) is 14.2 Å². The van der Waals surface area contributed by atoms with Gasteiger partial charge in [0.05, 0.1) is 13.2 Å². The topological polar surface area (TPSA) is 97.3 Å². The summed E-state index contributed by atoms with van der Waals surface area (Å²) in [6, 6.07) is 17.2. The zero-order chi connectivity index (χ0) is 26.0. The summed E-state index contributed by atoms with van der Waals surface area (Å²) in [6.07, 6.45) is 2.26. The molecule has 0 spiro atoms. The molecule has 0 bridgehead atoms. The Morgan fingerprint density at radius 1 is 0.944 bits per heavy atom. The second-order valence-corrected chi connectivity index (χ2v) is 8.40. The Hall–Kier alpha value is -3.10. The van der Waals surface area contributed by atoms with Crippen LogP contribution < -0.4 is 10.1 Å². The van der Waals surface area contributed by atoms with Gasteiger partial charge in [-0.2, -0.15) is 0 Å². The molecule has 198 valence electrons. The number of unbranched alkanes of at least 4 members (excludes halogenated alkanes) is 1. The molecule has 2 aromatic carbocycles. The fraction of sp³-hybridized carbons (Fsp3) is 0.500. The average Bonchev–Trinajstić information content (AvgIpc) is 2.88. The number of nitrogens with one attached hydrogen (secondary N) is 1. The van der Waals surface area contributed by atoms with Crippen LogP contribution in [-0.2, 0) is 27.1 Å².